The summed E-state index contributed by atoms with van der Waals surface area (Å²) in [5.74, 6) is 0.683. The van der Waals surface area contributed by atoms with E-state index in [4.69, 9.17) is 16.3 Å². The maximum absolute atomic E-state index is 5.68. The molecule has 0 heterocycles. The SMILES string of the molecule is CCOCCNC(CC)CCl. The van der Waals surface area contributed by atoms with Gasteiger partial charge in [-0.05, 0) is 13.3 Å². The van der Waals surface area contributed by atoms with E-state index in [1.807, 2.05) is 6.92 Å². The highest BCUT2D eigenvalue weighted by Gasteiger charge is 2.00. The van der Waals surface area contributed by atoms with Crippen molar-refractivity contribution in [2.24, 2.45) is 0 Å². The molecule has 0 saturated heterocycles. The first-order valence-corrected chi connectivity index (χ1v) is 4.75. The zero-order chi connectivity index (χ0) is 8.53. The Balaban J connectivity index is 3.07. The van der Waals surface area contributed by atoms with Crippen LogP contribution in [0.25, 0.3) is 0 Å². The van der Waals surface area contributed by atoms with Crippen LogP contribution >= 0.6 is 11.6 Å². The summed E-state index contributed by atoms with van der Waals surface area (Å²) >= 11 is 5.68. The van der Waals surface area contributed by atoms with Crippen LogP contribution < -0.4 is 5.32 Å². The maximum atomic E-state index is 5.68. The van der Waals surface area contributed by atoms with Gasteiger partial charge in [-0.1, -0.05) is 6.92 Å². The molecule has 1 unspecified atom stereocenters. The summed E-state index contributed by atoms with van der Waals surface area (Å²) in [7, 11) is 0. The fourth-order valence-corrected chi connectivity index (χ4v) is 1.11. The highest BCUT2D eigenvalue weighted by atomic mass is 35.5. The Bertz CT molecular complexity index is 76.5. The van der Waals surface area contributed by atoms with Gasteiger partial charge in [-0.3, -0.25) is 0 Å². The molecule has 1 atom stereocenters. The Morgan fingerprint density at radius 2 is 2.18 bits per heavy atom. The minimum Gasteiger partial charge on any atom is -0.380 e. The van der Waals surface area contributed by atoms with E-state index in [9.17, 15) is 0 Å². The van der Waals surface area contributed by atoms with Gasteiger partial charge in [0.1, 0.15) is 0 Å². The Labute approximate surface area is 74.3 Å². The largest absolute Gasteiger partial charge is 0.380 e. The molecule has 2 nitrogen and oxygen atoms in total. The predicted octanol–water partition coefficient (Wildman–Crippen LogP) is 1.63. The van der Waals surface area contributed by atoms with E-state index in [0.29, 0.717) is 11.9 Å². The molecule has 0 aromatic rings. The molecule has 0 aromatic carbocycles. The zero-order valence-corrected chi connectivity index (χ0v) is 8.16. The number of ether oxygens (including phenoxy) is 1. The number of rotatable bonds is 7. The Hall–Kier alpha value is 0.210. The number of hydrogen-bond donors (Lipinski definition) is 1. The number of halogens is 1. The summed E-state index contributed by atoms with van der Waals surface area (Å²) < 4.78 is 5.17. The third kappa shape index (κ3) is 6.60. The van der Waals surface area contributed by atoms with Crippen LogP contribution in [0.15, 0.2) is 0 Å². The van der Waals surface area contributed by atoms with E-state index in [0.717, 1.165) is 26.2 Å². The lowest BCUT2D eigenvalue weighted by Crippen LogP contribution is -2.32. The summed E-state index contributed by atoms with van der Waals surface area (Å²) in [6.07, 6.45) is 1.08. The molecule has 68 valence electrons. The van der Waals surface area contributed by atoms with Gasteiger partial charge in [0.2, 0.25) is 0 Å². The van der Waals surface area contributed by atoms with Gasteiger partial charge >= 0.3 is 0 Å². The topological polar surface area (TPSA) is 21.3 Å². The normalized spacial score (nSPS) is 13.4. The van der Waals surface area contributed by atoms with E-state index in [1.54, 1.807) is 0 Å². The van der Waals surface area contributed by atoms with E-state index in [2.05, 4.69) is 12.2 Å². The molecule has 0 aliphatic heterocycles. The van der Waals surface area contributed by atoms with Crippen LogP contribution in [0.2, 0.25) is 0 Å². The summed E-state index contributed by atoms with van der Waals surface area (Å²) in [4.78, 5) is 0. The lowest BCUT2D eigenvalue weighted by Gasteiger charge is -2.12. The van der Waals surface area contributed by atoms with Gasteiger partial charge < -0.3 is 10.1 Å². The van der Waals surface area contributed by atoms with E-state index in [-0.39, 0.29) is 0 Å². The van der Waals surface area contributed by atoms with Gasteiger partial charge in [-0.15, -0.1) is 11.6 Å². The zero-order valence-electron chi connectivity index (χ0n) is 7.40. The molecule has 0 aromatic heterocycles. The third-order valence-electron chi connectivity index (χ3n) is 1.56. The van der Waals surface area contributed by atoms with Crippen molar-refractivity contribution in [1.82, 2.24) is 5.32 Å². The molecule has 11 heavy (non-hydrogen) atoms. The first-order chi connectivity index (χ1) is 5.35. The minimum absolute atomic E-state index is 0.442. The molecule has 0 saturated carbocycles. The predicted molar refractivity (Wildman–Crippen MR) is 49.3 cm³/mol. The molecule has 1 N–H and O–H groups in total. The fraction of sp³-hybridized carbons (Fsp3) is 1.00. The van der Waals surface area contributed by atoms with Crippen LogP contribution in [0.3, 0.4) is 0 Å². The van der Waals surface area contributed by atoms with E-state index < -0.39 is 0 Å². The molecule has 0 aliphatic carbocycles. The van der Waals surface area contributed by atoms with Crippen LogP contribution in [0.1, 0.15) is 20.3 Å². The molecule has 0 fully saturated rings. The molecular formula is C8H18ClNO. The molecule has 0 radical (unpaired) electrons. The second-order valence-corrected chi connectivity index (χ2v) is 2.72. The van der Waals surface area contributed by atoms with Crippen molar-refractivity contribution in [1.29, 1.82) is 0 Å². The molecule has 0 rings (SSSR count). The lowest BCUT2D eigenvalue weighted by atomic mass is 10.2. The van der Waals surface area contributed by atoms with Gasteiger partial charge in [0.05, 0.1) is 6.61 Å². The number of alkyl halides is 1. The van der Waals surface area contributed by atoms with Crippen LogP contribution in [0.5, 0.6) is 0 Å². The summed E-state index contributed by atoms with van der Waals surface area (Å²) in [6, 6.07) is 0.442. The van der Waals surface area contributed by atoms with Gasteiger partial charge in [-0.2, -0.15) is 0 Å². The third-order valence-corrected chi connectivity index (χ3v) is 1.94. The Kier molecular flexibility index (Phi) is 8.47. The van der Waals surface area contributed by atoms with Gasteiger partial charge in [0.15, 0.2) is 0 Å². The van der Waals surface area contributed by atoms with Gasteiger partial charge in [0.25, 0.3) is 0 Å². The number of hydrogen-bond acceptors (Lipinski definition) is 2. The monoisotopic (exact) mass is 179 g/mol. The fourth-order valence-electron chi connectivity index (χ4n) is 0.788. The molecule has 3 heteroatoms. The van der Waals surface area contributed by atoms with Crippen LogP contribution in [-0.4, -0.2) is 31.7 Å². The lowest BCUT2D eigenvalue weighted by molar-refractivity contribution is 0.147. The molecular weight excluding hydrogens is 162 g/mol. The first kappa shape index (κ1) is 11.2. The molecule has 0 amide bonds. The average molecular weight is 180 g/mol. The Morgan fingerprint density at radius 1 is 1.45 bits per heavy atom. The van der Waals surface area contributed by atoms with E-state index in [1.165, 1.54) is 0 Å². The summed E-state index contributed by atoms with van der Waals surface area (Å²) in [5, 5.41) is 3.30. The second kappa shape index (κ2) is 8.31. The average Bonchev–Trinajstić information content (AvgIpc) is 2.05. The van der Waals surface area contributed by atoms with Crippen molar-refractivity contribution in [2.45, 2.75) is 26.3 Å². The molecule has 0 aliphatic rings. The summed E-state index contributed by atoms with van der Waals surface area (Å²) in [5.41, 5.74) is 0. The quantitative estimate of drug-likeness (QED) is 0.474. The van der Waals surface area contributed by atoms with Crippen molar-refractivity contribution >= 4 is 11.6 Å². The second-order valence-electron chi connectivity index (χ2n) is 2.41. The smallest absolute Gasteiger partial charge is 0.0590 e. The van der Waals surface area contributed by atoms with Crippen molar-refractivity contribution in [3.63, 3.8) is 0 Å². The van der Waals surface area contributed by atoms with Crippen molar-refractivity contribution in [2.75, 3.05) is 25.6 Å². The van der Waals surface area contributed by atoms with E-state index >= 15 is 0 Å². The highest BCUT2D eigenvalue weighted by Crippen LogP contribution is 1.92. The van der Waals surface area contributed by atoms with Crippen molar-refractivity contribution in [3.8, 4) is 0 Å². The first-order valence-electron chi connectivity index (χ1n) is 4.22. The molecule has 0 bridgehead atoms. The standard InChI is InChI=1S/C8H18ClNO/c1-3-8(7-9)10-5-6-11-4-2/h8,10H,3-7H2,1-2H3. The van der Waals surface area contributed by atoms with Crippen LogP contribution in [-0.2, 0) is 4.74 Å². The number of nitrogens with one attached hydrogen (secondary N) is 1. The summed E-state index contributed by atoms with van der Waals surface area (Å²) in [6.45, 7) is 6.60. The van der Waals surface area contributed by atoms with Crippen molar-refractivity contribution < 1.29 is 4.74 Å². The Morgan fingerprint density at radius 3 is 2.64 bits per heavy atom. The maximum Gasteiger partial charge on any atom is 0.0590 e. The minimum atomic E-state index is 0.442. The van der Waals surface area contributed by atoms with Gasteiger partial charge in [-0.25, -0.2) is 0 Å². The molecule has 0 spiro atoms. The van der Waals surface area contributed by atoms with Crippen LogP contribution in [0, 0.1) is 0 Å². The van der Waals surface area contributed by atoms with Crippen LogP contribution in [0.4, 0.5) is 0 Å². The van der Waals surface area contributed by atoms with Crippen molar-refractivity contribution in [3.05, 3.63) is 0 Å². The van der Waals surface area contributed by atoms with Gasteiger partial charge in [0, 0.05) is 25.1 Å². The highest BCUT2D eigenvalue weighted by molar-refractivity contribution is 6.18.